The molecule has 0 amide bonds. The van der Waals surface area contributed by atoms with E-state index in [0.29, 0.717) is 12.8 Å². The van der Waals surface area contributed by atoms with Gasteiger partial charge in [0.2, 0.25) is 0 Å². The number of aliphatic hydroxyl groups is 1. The predicted molar refractivity (Wildman–Crippen MR) is 106 cm³/mol. The van der Waals surface area contributed by atoms with Crippen molar-refractivity contribution in [1.82, 2.24) is 0 Å². The molecule has 0 unspecified atom stereocenters. The van der Waals surface area contributed by atoms with E-state index >= 15 is 0 Å². The van der Waals surface area contributed by atoms with Crippen molar-refractivity contribution in [2.75, 3.05) is 14.2 Å². The second-order valence-corrected chi connectivity index (χ2v) is 6.47. The van der Waals surface area contributed by atoms with Crippen LogP contribution >= 0.6 is 0 Å². The van der Waals surface area contributed by atoms with E-state index in [1.807, 2.05) is 60.7 Å². The lowest BCUT2D eigenvalue weighted by molar-refractivity contribution is 0.281. The van der Waals surface area contributed by atoms with Crippen LogP contribution in [0.2, 0.25) is 0 Å². The summed E-state index contributed by atoms with van der Waals surface area (Å²) in [6.45, 7) is -0.0640. The third-order valence-electron chi connectivity index (χ3n) is 4.62. The van der Waals surface area contributed by atoms with Crippen molar-refractivity contribution < 1.29 is 19.7 Å². The summed E-state index contributed by atoms with van der Waals surface area (Å²) in [6.07, 6.45) is 1.17. The summed E-state index contributed by atoms with van der Waals surface area (Å²) in [7, 11) is 3.27. The van der Waals surface area contributed by atoms with E-state index in [1.54, 1.807) is 14.2 Å². The van der Waals surface area contributed by atoms with Gasteiger partial charge in [0.15, 0.2) is 0 Å². The Balaban J connectivity index is 1.88. The number of methoxy groups -OCH3 is 2. The molecule has 3 aromatic rings. The van der Waals surface area contributed by atoms with Gasteiger partial charge in [0.25, 0.3) is 0 Å². The van der Waals surface area contributed by atoms with Gasteiger partial charge in [-0.15, -0.1) is 0 Å². The normalized spacial score (nSPS) is 10.6. The number of aliphatic hydroxyl groups excluding tert-OH is 1. The van der Waals surface area contributed by atoms with Gasteiger partial charge in [-0.05, 0) is 64.2 Å². The van der Waals surface area contributed by atoms with Crippen LogP contribution in [-0.2, 0) is 19.4 Å². The molecule has 0 radical (unpaired) electrons. The van der Waals surface area contributed by atoms with Crippen LogP contribution in [0.5, 0.6) is 17.2 Å². The summed E-state index contributed by atoms with van der Waals surface area (Å²) in [5, 5.41) is 20.4. The molecule has 0 spiro atoms. The van der Waals surface area contributed by atoms with Crippen LogP contribution in [0.1, 0.15) is 27.8 Å². The maximum Gasteiger partial charge on any atom is 0.122 e. The van der Waals surface area contributed by atoms with Gasteiger partial charge in [-0.2, -0.15) is 0 Å². The quantitative estimate of drug-likeness (QED) is 0.663. The van der Waals surface area contributed by atoms with Crippen molar-refractivity contribution >= 4 is 0 Å². The summed E-state index contributed by atoms with van der Waals surface area (Å²) in [6, 6.07) is 19.2. The molecule has 4 nitrogen and oxygen atoms in total. The van der Waals surface area contributed by atoms with Crippen LogP contribution in [0.15, 0.2) is 60.7 Å². The second kappa shape index (κ2) is 8.60. The molecule has 0 saturated heterocycles. The van der Waals surface area contributed by atoms with Crippen LogP contribution in [0.3, 0.4) is 0 Å². The summed E-state index contributed by atoms with van der Waals surface area (Å²) in [4.78, 5) is 0. The Hall–Kier alpha value is -2.98. The Bertz CT molecular complexity index is 813. The first-order valence-corrected chi connectivity index (χ1v) is 8.83. The third-order valence-corrected chi connectivity index (χ3v) is 4.62. The molecular formula is C23H24O4. The van der Waals surface area contributed by atoms with E-state index < -0.39 is 0 Å². The minimum absolute atomic E-state index is 0.0640. The molecule has 0 heterocycles. The first-order chi connectivity index (χ1) is 13.1. The summed E-state index contributed by atoms with van der Waals surface area (Å²) >= 11 is 0. The fraction of sp³-hybridized carbons (Fsp3) is 0.217. The molecule has 0 aromatic heterocycles. The third kappa shape index (κ3) is 4.60. The molecule has 2 N–H and O–H groups in total. The van der Waals surface area contributed by atoms with Crippen molar-refractivity contribution in [2.24, 2.45) is 0 Å². The Morgan fingerprint density at radius 2 is 1.07 bits per heavy atom. The smallest absolute Gasteiger partial charge is 0.122 e. The van der Waals surface area contributed by atoms with E-state index in [1.165, 1.54) is 0 Å². The molecule has 0 bridgehead atoms. The van der Waals surface area contributed by atoms with Gasteiger partial charge >= 0.3 is 0 Å². The Kier molecular flexibility index (Phi) is 5.99. The van der Waals surface area contributed by atoms with E-state index in [0.717, 1.165) is 39.3 Å². The zero-order valence-electron chi connectivity index (χ0n) is 15.6. The van der Waals surface area contributed by atoms with E-state index in [4.69, 9.17) is 9.47 Å². The highest BCUT2D eigenvalue weighted by molar-refractivity contribution is 5.48. The average molecular weight is 364 g/mol. The fourth-order valence-corrected chi connectivity index (χ4v) is 3.12. The van der Waals surface area contributed by atoms with Crippen molar-refractivity contribution in [3.05, 3.63) is 88.5 Å². The summed E-state index contributed by atoms with van der Waals surface area (Å²) < 4.78 is 10.4. The lowest BCUT2D eigenvalue weighted by Gasteiger charge is -2.13. The highest BCUT2D eigenvalue weighted by Crippen LogP contribution is 2.30. The monoisotopic (exact) mass is 364 g/mol. The van der Waals surface area contributed by atoms with Gasteiger partial charge in [-0.3, -0.25) is 0 Å². The number of aromatic hydroxyl groups is 1. The zero-order valence-corrected chi connectivity index (χ0v) is 15.6. The van der Waals surface area contributed by atoms with Crippen molar-refractivity contribution in [2.45, 2.75) is 19.4 Å². The van der Waals surface area contributed by atoms with Crippen molar-refractivity contribution in [3.63, 3.8) is 0 Å². The van der Waals surface area contributed by atoms with Gasteiger partial charge in [0.05, 0.1) is 20.8 Å². The van der Waals surface area contributed by atoms with Crippen LogP contribution < -0.4 is 9.47 Å². The zero-order chi connectivity index (χ0) is 19.2. The van der Waals surface area contributed by atoms with E-state index in [-0.39, 0.29) is 12.4 Å². The number of rotatable bonds is 7. The summed E-state index contributed by atoms with van der Waals surface area (Å²) in [5.41, 5.74) is 4.53. The van der Waals surface area contributed by atoms with Crippen LogP contribution in [0, 0.1) is 0 Å². The first kappa shape index (κ1) is 18.8. The maximum atomic E-state index is 10.8. The van der Waals surface area contributed by atoms with Crippen molar-refractivity contribution in [1.29, 1.82) is 0 Å². The molecule has 3 aromatic carbocycles. The van der Waals surface area contributed by atoms with Gasteiger partial charge in [0, 0.05) is 12.8 Å². The number of hydrogen-bond donors (Lipinski definition) is 2. The average Bonchev–Trinajstić information content (AvgIpc) is 2.72. The highest BCUT2D eigenvalue weighted by atomic mass is 16.5. The first-order valence-electron chi connectivity index (χ1n) is 8.83. The van der Waals surface area contributed by atoms with Crippen molar-refractivity contribution in [3.8, 4) is 17.2 Å². The van der Waals surface area contributed by atoms with E-state index in [9.17, 15) is 10.2 Å². The molecule has 0 saturated carbocycles. The van der Waals surface area contributed by atoms with Gasteiger partial charge in [-0.1, -0.05) is 24.3 Å². The largest absolute Gasteiger partial charge is 0.507 e. The van der Waals surface area contributed by atoms with Gasteiger partial charge in [-0.25, -0.2) is 0 Å². The number of phenolic OH excluding ortho intramolecular Hbond substituents is 1. The van der Waals surface area contributed by atoms with Crippen LogP contribution in [-0.4, -0.2) is 24.4 Å². The molecule has 0 atom stereocenters. The van der Waals surface area contributed by atoms with Gasteiger partial charge < -0.3 is 19.7 Å². The lowest BCUT2D eigenvalue weighted by atomic mass is 9.95. The molecular weight excluding hydrogens is 340 g/mol. The van der Waals surface area contributed by atoms with Gasteiger partial charge in [0.1, 0.15) is 17.2 Å². The second-order valence-electron chi connectivity index (χ2n) is 6.47. The number of hydrogen-bond acceptors (Lipinski definition) is 4. The minimum atomic E-state index is -0.0640. The molecule has 3 rings (SSSR count). The Morgan fingerprint density at radius 3 is 1.41 bits per heavy atom. The standard InChI is InChI=1S/C23H24O4/c1-26-21-7-3-16(4-8-21)11-19-13-18(15-24)14-20(23(19)25)12-17-5-9-22(27-2)10-6-17/h3-10,13-14,24-25H,11-12,15H2,1-2H3. The van der Waals surface area contributed by atoms with E-state index in [2.05, 4.69) is 0 Å². The molecule has 0 aliphatic rings. The summed E-state index contributed by atoms with van der Waals surface area (Å²) in [5.74, 6) is 1.87. The Morgan fingerprint density at radius 1 is 0.667 bits per heavy atom. The lowest BCUT2D eigenvalue weighted by Crippen LogP contribution is -1.98. The maximum absolute atomic E-state index is 10.8. The number of ether oxygens (including phenoxy) is 2. The topological polar surface area (TPSA) is 58.9 Å². The van der Waals surface area contributed by atoms with Crippen LogP contribution in [0.4, 0.5) is 0 Å². The minimum Gasteiger partial charge on any atom is -0.507 e. The molecule has 0 aliphatic heterocycles. The molecule has 0 aliphatic carbocycles. The van der Waals surface area contributed by atoms with Crippen LogP contribution in [0.25, 0.3) is 0 Å². The fourth-order valence-electron chi connectivity index (χ4n) is 3.12. The SMILES string of the molecule is COc1ccc(Cc2cc(CO)cc(Cc3ccc(OC)cc3)c2O)cc1. The highest BCUT2D eigenvalue weighted by Gasteiger charge is 2.12. The molecule has 27 heavy (non-hydrogen) atoms. The molecule has 140 valence electrons. The molecule has 0 fully saturated rings. The number of benzene rings is 3. The predicted octanol–water partition coefficient (Wildman–Crippen LogP) is 4.08. The molecule has 4 heteroatoms. The Labute approximate surface area is 159 Å². The number of phenols is 1.